The van der Waals surface area contributed by atoms with Crippen molar-refractivity contribution >= 4 is 0 Å². The zero-order valence-corrected chi connectivity index (χ0v) is 8.25. The SMILES string of the molecule is CC1=CC(CC(C)C)C=CC=C1. The molecule has 1 rings (SSSR count). The van der Waals surface area contributed by atoms with Crippen LogP contribution in [0.4, 0.5) is 0 Å². The zero-order chi connectivity index (χ0) is 8.97. The van der Waals surface area contributed by atoms with Crippen molar-refractivity contribution in [3.8, 4) is 0 Å². The maximum absolute atomic E-state index is 2.35. The largest absolute Gasteiger partial charge is 0.0776 e. The summed E-state index contributed by atoms with van der Waals surface area (Å²) in [7, 11) is 0. The highest BCUT2D eigenvalue weighted by Gasteiger charge is 2.05. The van der Waals surface area contributed by atoms with Gasteiger partial charge >= 0.3 is 0 Å². The van der Waals surface area contributed by atoms with Crippen LogP contribution >= 0.6 is 0 Å². The van der Waals surface area contributed by atoms with E-state index in [1.807, 2.05) is 0 Å². The first kappa shape index (κ1) is 9.31. The van der Waals surface area contributed by atoms with Crippen molar-refractivity contribution in [2.45, 2.75) is 27.2 Å². The van der Waals surface area contributed by atoms with Gasteiger partial charge in [-0.2, -0.15) is 0 Å². The van der Waals surface area contributed by atoms with Gasteiger partial charge in [-0.15, -0.1) is 0 Å². The smallest absolute Gasteiger partial charge is 0.00422 e. The van der Waals surface area contributed by atoms with Crippen molar-refractivity contribution in [2.24, 2.45) is 11.8 Å². The fraction of sp³-hybridized carbons (Fsp3) is 0.500. The fourth-order valence-corrected chi connectivity index (χ4v) is 1.55. The van der Waals surface area contributed by atoms with Gasteiger partial charge in [0.05, 0.1) is 0 Å². The first-order chi connectivity index (χ1) is 5.68. The Labute approximate surface area is 75.7 Å². The second-order valence-electron chi connectivity index (χ2n) is 3.95. The predicted molar refractivity (Wildman–Crippen MR) is 55.0 cm³/mol. The first-order valence-electron chi connectivity index (χ1n) is 4.72. The normalized spacial score (nSPS) is 22.7. The summed E-state index contributed by atoms with van der Waals surface area (Å²) in [5.74, 6) is 1.42. The Hall–Kier alpha value is -0.780. The maximum Gasteiger partial charge on any atom is -0.00422 e. The monoisotopic (exact) mass is 162 g/mol. The molecule has 1 aliphatic carbocycles. The summed E-state index contributed by atoms with van der Waals surface area (Å²) in [5, 5.41) is 0. The molecule has 0 heteroatoms. The highest BCUT2D eigenvalue weighted by atomic mass is 14.1. The molecule has 0 aliphatic heterocycles. The van der Waals surface area contributed by atoms with Gasteiger partial charge in [0.1, 0.15) is 0 Å². The third kappa shape index (κ3) is 3.08. The molecule has 0 aromatic rings. The highest BCUT2D eigenvalue weighted by Crippen LogP contribution is 2.18. The predicted octanol–water partition coefficient (Wildman–Crippen LogP) is 3.72. The summed E-state index contributed by atoms with van der Waals surface area (Å²) < 4.78 is 0. The van der Waals surface area contributed by atoms with Gasteiger partial charge in [-0.05, 0) is 25.2 Å². The van der Waals surface area contributed by atoms with E-state index in [2.05, 4.69) is 51.2 Å². The molecule has 0 radical (unpaired) electrons. The van der Waals surface area contributed by atoms with Crippen molar-refractivity contribution < 1.29 is 0 Å². The Bertz CT molecular complexity index is 216. The average molecular weight is 162 g/mol. The summed E-state index contributed by atoms with van der Waals surface area (Å²) in [6.07, 6.45) is 12.3. The molecule has 1 atom stereocenters. The van der Waals surface area contributed by atoms with Crippen LogP contribution in [0.3, 0.4) is 0 Å². The Morgan fingerprint density at radius 1 is 1.33 bits per heavy atom. The highest BCUT2D eigenvalue weighted by molar-refractivity contribution is 5.26. The quantitative estimate of drug-likeness (QED) is 0.580. The van der Waals surface area contributed by atoms with Gasteiger partial charge in [-0.3, -0.25) is 0 Å². The van der Waals surface area contributed by atoms with Crippen molar-refractivity contribution in [2.75, 3.05) is 0 Å². The van der Waals surface area contributed by atoms with E-state index < -0.39 is 0 Å². The molecule has 0 saturated carbocycles. The van der Waals surface area contributed by atoms with Crippen molar-refractivity contribution in [1.29, 1.82) is 0 Å². The second-order valence-corrected chi connectivity index (χ2v) is 3.95. The summed E-state index contributed by atoms with van der Waals surface area (Å²) >= 11 is 0. The van der Waals surface area contributed by atoms with E-state index in [1.165, 1.54) is 12.0 Å². The van der Waals surface area contributed by atoms with Gasteiger partial charge in [-0.25, -0.2) is 0 Å². The van der Waals surface area contributed by atoms with Crippen LogP contribution in [-0.2, 0) is 0 Å². The van der Waals surface area contributed by atoms with Crippen molar-refractivity contribution in [3.63, 3.8) is 0 Å². The van der Waals surface area contributed by atoms with Crippen LogP contribution in [-0.4, -0.2) is 0 Å². The van der Waals surface area contributed by atoms with Crippen molar-refractivity contribution in [1.82, 2.24) is 0 Å². The molecule has 66 valence electrons. The third-order valence-corrected chi connectivity index (χ3v) is 2.05. The van der Waals surface area contributed by atoms with Crippen LogP contribution in [0.25, 0.3) is 0 Å². The fourth-order valence-electron chi connectivity index (χ4n) is 1.55. The number of hydrogen-bond donors (Lipinski definition) is 0. The molecule has 0 aromatic heterocycles. The lowest BCUT2D eigenvalue weighted by Crippen LogP contribution is -1.98. The van der Waals surface area contributed by atoms with E-state index in [1.54, 1.807) is 0 Å². The molecule has 0 spiro atoms. The lowest BCUT2D eigenvalue weighted by molar-refractivity contribution is 0.532. The minimum absolute atomic E-state index is 0.639. The number of hydrogen-bond acceptors (Lipinski definition) is 0. The molecule has 0 nitrogen and oxygen atoms in total. The van der Waals surface area contributed by atoms with Crippen LogP contribution in [0.5, 0.6) is 0 Å². The van der Waals surface area contributed by atoms with Gasteiger partial charge in [0.25, 0.3) is 0 Å². The minimum Gasteiger partial charge on any atom is -0.0776 e. The summed E-state index contributed by atoms with van der Waals surface area (Å²) in [6.45, 7) is 6.71. The molecule has 1 aliphatic rings. The third-order valence-electron chi connectivity index (χ3n) is 2.05. The van der Waals surface area contributed by atoms with Gasteiger partial charge in [-0.1, -0.05) is 49.8 Å². The summed E-state index contributed by atoms with van der Waals surface area (Å²) in [5.41, 5.74) is 1.38. The number of rotatable bonds is 2. The second kappa shape index (κ2) is 4.30. The van der Waals surface area contributed by atoms with Crippen LogP contribution in [0, 0.1) is 11.8 Å². The molecule has 0 saturated heterocycles. The van der Waals surface area contributed by atoms with Crippen LogP contribution < -0.4 is 0 Å². The lowest BCUT2D eigenvalue weighted by Gasteiger charge is -2.10. The van der Waals surface area contributed by atoms with Gasteiger partial charge in [0.15, 0.2) is 0 Å². The zero-order valence-electron chi connectivity index (χ0n) is 8.25. The van der Waals surface area contributed by atoms with E-state index in [9.17, 15) is 0 Å². The molecule has 0 amide bonds. The lowest BCUT2D eigenvalue weighted by atomic mass is 9.95. The van der Waals surface area contributed by atoms with Gasteiger partial charge in [0, 0.05) is 0 Å². The molecule has 0 fully saturated rings. The first-order valence-corrected chi connectivity index (χ1v) is 4.72. The molecule has 0 aromatic carbocycles. The Balaban J connectivity index is 2.60. The summed E-state index contributed by atoms with van der Waals surface area (Å²) in [6, 6.07) is 0. The van der Waals surface area contributed by atoms with Gasteiger partial charge in [0.2, 0.25) is 0 Å². The Kier molecular flexibility index (Phi) is 3.33. The van der Waals surface area contributed by atoms with E-state index in [0.717, 1.165) is 5.92 Å². The minimum atomic E-state index is 0.639. The molecule has 12 heavy (non-hydrogen) atoms. The van der Waals surface area contributed by atoms with E-state index in [0.29, 0.717) is 5.92 Å². The Morgan fingerprint density at radius 2 is 2.08 bits per heavy atom. The molecule has 0 N–H and O–H groups in total. The topological polar surface area (TPSA) is 0 Å². The maximum atomic E-state index is 2.35. The molecule has 1 unspecified atom stereocenters. The molecule has 0 heterocycles. The van der Waals surface area contributed by atoms with E-state index in [4.69, 9.17) is 0 Å². The average Bonchev–Trinajstić information content (AvgIpc) is 2.12. The van der Waals surface area contributed by atoms with Crippen molar-refractivity contribution in [3.05, 3.63) is 36.0 Å². The standard InChI is InChI=1S/C12H18/c1-10(2)8-12-7-5-4-6-11(3)9-12/h4-7,9-10,12H,8H2,1-3H3. The van der Waals surface area contributed by atoms with Crippen LogP contribution in [0.2, 0.25) is 0 Å². The van der Waals surface area contributed by atoms with Gasteiger partial charge < -0.3 is 0 Å². The number of allylic oxidation sites excluding steroid dienone is 6. The van der Waals surface area contributed by atoms with Crippen LogP contribution in [0.1, 0.15) is 27.2 Å². The summed E-state index contributed by atoms with van der Waals surface area (Å²) in [4.78, 5) is 0. The van der Waals surface area contributed by atoms with E-state index >= 15 is 0 Å². The molecular weight excluding hydrogens is 144 g/mol. The van der Waals surface area contributed by atoms with Crippen LogP contribution in [0.15, 0.2) is 36.0 Å². The Morgan fingerprint density at radius 3 is 2.75 bits per heavy atom. The van der Waals surface area contributed by atoms with E-state index in [-0.39, 0.29) is 0 Å². The molecular formula is C12H18. The molecule has 0 bridgehead atoms.